The SMILES string of the molecule is CCO/C=C/[C@]1(O)[C@@H]2CC=C3CC4(CC[C@@]3(C)[C@@H]2[C@H]2C[C@@]1(CC(C)=O)C(=O)O2)OCCO4. The number of ether oxygens (including phenoxy) is 4. The van der Waals surface area contributed by atoms with Gasteiger partial charge in [0.25, 0.3) is 0 Å². The number of allylic oxidation sites excluding steroid dienone is 1. The molecule has 2 bridgehead atoms. The molecule has 1 N–H and O–H groups in total. The van der Waals surface area contributed by atoms with Gasteiger partial charge in [0, 0.05) is 37.5 Å². The Morgan fingerprint density at radius 2 is 2.06 bits per heavy atom. The molecule has 0 aromatic heterocycles. The maximum atomic E-state index is 13.3. The van der Waals surface area contributed by atoms with Crippen molar-refractivity contribution >= 4 is 11.8 Å². The molecule has 3 aliphatic carbocycles. The predicted molar refractivity (Wildman–Crippen MR) is 114 cm³/mol. The number of aliphatic hydroxyl groups is 1. The fourth-order valence-corrected chi connectivity index (χ4v) is 7.45. The van der Waals surface area contributed by atoms with E-state index >= 15 is 0 Å². The van der Waals surface area contributed by atoms with Crippen LogP contribution in [0.3, 0.4) is 0 Å². The van der Waals surface area contributed by atoms with Gasteiger partial charge in [0.1, 0.15) is 22.9 Å². The van der Waals surface area contributed by atoms with E-state index in [0.717, 1.165) is 12.8 Å². The molecule has 32 heavy (non-hydrogen) atoms. The Balaban J connectivity index is 1.58. The van der Waals surface area contributed by atoms with E-state index in [2.05, 4.69) is 13.0 Å². The summed E-state index contributed by atoms with van der Waals surface area (Å²) in [5, 5.41) is 12.3. The van der Waals surface area contributed by atoms with E-state index in [0.29, 0.717) is 39.1 Å². The van der Waals surface area contributed by atoms with E-state index in [9.17, 15) is 14.7 Å². The van der Waals surface area contributed by atoms with Crippen molar-refractivity contribution in [1.82, 2.24) is 0 Å². The highest BCUT2D eigenvalue weighted by Gasteiger charge is 2.73. The van der Waals surface area contributed by atoms with Gasteiger partial charge in [-0.15, -0.1) is 0 Å². The fourth-order valence-electron chi connectivity index (χ4n) is 7.45. The van der Waals surface area contributed by atoms with E-state index in [-0.39, 0.29) is 35.6 Å². The van der Waals surface area contributed by atoms with Gasteiger partial charge in [-0.05, 0) is 38.2 Å². The lowest BCUT2D eigenvalue weighted by molar-refractivity contribution is -0.197. The Hall–Kier alpha value is -1.70. The Morgan fingerprint density at radius 1 is 1.31 bits per heavy atom. The molecule has 2 aliphatic heterocycles. The van der Waals surface area contributed by atoms with E-state index in [4.69, 9.17) is 18.9 Å². The van der Waals surface area contributed by atoms with Crippen molar-refractivity contribution in [3.63, 3.8) is 0 Å². The summed E-state index contributed by atoms with van der Waals surface area (Å²) in [4.78, 5) is 25.5. The average molecular weight is 447 g/mol. The third-order valence-corrected chi connectivity index (χ3v) is 8.89. The summed E-state index contributed by atoms with van der Waals surface area (Å²) in [6, 6.07) is 0. The summed E-state index contributed by atoms with van der Waals surface area (Å²) >= 11 is 0. The number of rotatable bonds is 5. The van der Waals surface area contributed by atoms with E-state index < -0.39 is 22.8 Å². The molecule has 0 unspecified atom stereocenters. The van der Waals surface area contributed by atoms with Crippen LogP contribution < -0.4 is 0 Å². The molecule has 2 saturated carbocycles. The van der Waals surface area contributed by atoms with Gasteiger partial charge in [0.2, 0.25) is 0 Å². The van der Waals surface area contributed by atoms with Crippen LogP contribution in [0, 0.1) is 22.7 Å². The molecule has 7 nitrogen and oxygen atoms in total. The molecule has 4 fully saturated rings. The van der Waals surface area contributed by atoms with Crippen LogP contribution in [0.2, 0.25) is 0 Å². The van der Waals surface area contributed by atoms with Gasteiger partial charge in [-0.25, -0.2) is 0 Å². The average Bonchev–Trinajstić information content (AvgIpc) is 3.31. The van der Waals surface area contributed by atoms with Crippen LogP contribution in [0.25, 0.3) is 0 Å². The van der Waals surface area contributed by atoms with Crippen LogP contribution in [0.1, 0.15) is 59.3 Å². The monoisotopic (exact) mass is 446 g/mol. The lowest BCUT2D eigenvalue weighted by atomic mass is 9.45. The number of carbonyl (C=O) groups is 2. The molecule has 2 heterocycles. The van der Waals surface area contributed by atoms with Gasteiger partial charge in [-0.1, -0.05) is 18.6 Å². The molecule has 0 aromatic carbocycles. The highest BCUT2D eigenvalue weighted by atomic mass is 16.7. The quantitative estimate of drug-likeness (QED) is 0.394. The Kier molecular flexibility index (Phi) is 5.12. The highest BCUT2D eigenvalue weighted by molar-refractivity contribution is 5.89. The maximum absolute atomic E-state index is 13.3. The van der Waals surface area contributed by atoms with Crippen LogP contribution in [-0.2, 0) is 28.5 Å². The van der Waals surface area contributed by atoms with Crippen molar-refractivity contribution in [2.24, 2.45) is 22.7 Å². The third-order valence-electron chi connectivity index (χ3n) is 8.89. The van der Waals surface area contributed by atoms with Crippen molar-refractivity contribution in [3.05, 3.63) is 24.0 Å². The van der Waals surface area contributed by atoms with Gasteiger partial charge >= 0.3 is 5.97 Å². The van der Waals surface area contributed by atoms with Crippen molar-refractivity contribution < 1.29 is 33.6 Å². The van der Waals surface area contributed by atoms with Crippen LogP contribution >= 0.6 is 0 Å². The van der Waals surface area contributed by atoms with Gasteiger partial charge < -0.3 is 24.1 Å². The second kappa shape index (κ2) is 7.40. The van der Waals surface area contributed by atoms with Gasteiger partial charge in [0.15, 0.2) is 5.79 Å². The van der Waals surface area contributed by atoms with Gasteiger partial charge in [0.05, 0.1) is 26.1 Å². The lowest BCUT2D eigenvalue weighted by Crippen LogP contribution is -2.64. The predicted octanol–water partition coefficient (Wildman–Crippen LogP) is 3.06. The molecule has 176 valence electrons. The molecule has 0 aromatic rings. The maximum Gasteiger partial charge on any atom is 0.316 e. The highest BCUT2D eigenvalue weighted by Crippen LogP contribution is 2.67. The third kappa shape index (κ3) is 2.90. The Morgan fingerprint density at radius 3 is 2.75 bits per heavy atom. The summed E-state index contributed by atoms with van der Waals surface area (Å²) in [5.41, 5.74) is -1.77. The first-order chi connectivity index (χ1) is 15.2. The Bertz CT molecular complexity index is 872. The molecular weight excluding hydrogens is 412 g/mol. The van der Waals surface area contributed by atoms with Crippen LogP contribution in [0.15, 0.2) is 24.0 Å². The van der Waals surface area contributed by atoms with Crippen LogP contribution in [0.4, 0.5) is 0 Å². The number of esters is 1. The summed E-state index contributed by atoms with van der Waals surface area (Å²) in [6.45, 7) is 7.25. The topological polar surface area (TPSA) is 91.3 Å². The first-order valence-electron chi connectivity index (χ1n) is 11.9. The zero-order valence-corrected chi connectivity index (χ0v) is 19.2. The number of hydrogen-bond acceptors (Lipinski definition) is 7. The second-order valence-corrected chi connectivity index (χ2v) is 10.5. The lowest BCUT2D eigenvalue weighted by Gasteiger charge is -2.59. The van der Waals surface area contributed by atoms with Gasteiger partial charge in [-0.3, -0.25) is 9.59 Å². The molecule has 0 amide bonds. The summed E-state index contributed by atoms with van der Waals surface area (Å²) in [6.07, 6.45) is 8.24. The number of carbonyl (C=O) groups excluding carboxylic acids is 2. The molecule has 1 spiro atoms. The minimum atomic E-state index is -1.52. The number of fused-ring (bicyclic) bond motifs is 6. The zero-order chi connectivity index (χ0) is 22.8. The standard InChI is InChI=1S/C25H34O7/c1-4-29-10-9-25(28)18-6-5-17-14-24(30-11-12-31-24)8-7-22(17,3)20(18)19-15-23(25,13-16(2)26)21(27)32-19/h5,9-10,18-20,28H,4,6-8,11-15H2,1-3H3/b10-9+/t18-,19-,20+,22-,23+,25+/m1/s1. The summed E-state index contributed by atoms with van der Waals surface area (Å²) < 4.78 is 23.4. The molecule has 5 aliphatic rings. The number of Topliss-reactive ketones (excluding diaryl/α,β-unsaturated/α-hetero) is 1. The summed E-state index contributed by atoms with van der Waals surface area (Å²) in [5.74, 6) is -1.43. The first-order valence-corrected chi connectivity index (χ1v) is 11.9. The largest absolute Gasteiger partial charge is 0.502 e. The van der Waals surface area contributed by atoms with Crippen molar-refractivity contribution in [2.75, 3.05) is 19.8 Å². The van der Waals surface area contributed by atoms with E-state index in [1.165, 1.54) is 18.8 Å². The fraction of sp³-hybridized carbons (Fsp3) is 0.760. The van der Waals surface area contributed by atoms with Crippen molar-refractivity contribution in [3.8, 4) is 0 Å². The van der Waals surface area contributed by atoms with Crippen LogP contribution in [-0.4, -0.2) is 54.2 Å². The zero-order valence-electron chi connectivity index (χ0n) is 19.2. The summed E-state index contributed by atoms with van der Waals surface area (Å²) in [7, 11) is 0. The molecule has 0 radical (unpaired) electrons. The van der Waals surface area contributed by atoms with Crippen molar-refractivity contribution in [1.29, 1.82) is 0 Å². The smallest absolute Gasteiger partial charge is 0.316 e. The molecule has 5 rings (SSSR count). The minimum absolute atomic E-state index is 0.0312. The van der Waals surface area contributed by atoms with E-state index in [1.54, 1.807) is 6.08 Å². The second-order valence-electron chi connectivity index (χ2n) is 10.5. The molecule has 2 saturated heterocycles. The normalized spacial score (nSPS) is 44.2. The molecular formula is C25H34O7. The van der Waals surface area contributed by atoms with Crippen molar-refractivity contribution in [2.45, 2.75) is 76.8 Å². The van der Waals surface area contributed by atoms with Crippen LogP contribution in [0.5, 0.6) is 0 Å². The van der Waals surface area contributed by atoms with E-state index in [1.807, 2.05) is 6.92 Å². The minimum Gasteiger partial charge on any atom is -0.502 e. The Labute approximate surface area is 189 Å². The number of ketones is 1. The first kappa shape index (κ1) is 22.1. The number of hydrogen-bond donors (Lipinski definition) is 1. The van der Waals surface area contributed by atoms with Gasteiger partial charge in [-0.2, -0.15) is 0 Å². The molecule has 7 heteroatoms. The molecule has 6 atom stereocenters.